The van der Waals surface area contributed by atoms with E-state index in [1.807, 2.05) is 55.1 Å². The number of aromatic nitrogens is 1. The van der Waals surface area contributed by atoms with E-state index in [9.17, 15) is 9.59 Å². The van der Waals surface area contributed by atoms with Crippen molar-refractivity contribution in [2.45, 2.75) is 72.0 Å². The minimum atomic E-state index is -0.456. The first-order valence-electron chi connectivity index (χ1n) is 21.6. The fraction of sp³-hybridized carbons (Fsp3) is 0.294. The molecule has 2 amide bonds. The average molecular weight is 828 g/mol. The molecule has 3 aliphatic heterocycles. The van der Waals surface area contributed by atoms with E-state index in [1.165, 1.54) is 11.3 Å². The summed E-state index contributed by atoms with van der Waals surface area (Å²) in [5.74, 6) is 0.318. The van der Waals surface area contributed by atoms with Crippen molar-refractivity contribution in [1.29, 1.82) is 0 Å². The van der Waals surface area contributed by atoms with Gasteiger partial charge in [-0.3, -0.25) is 40.2 Å². The SMILES string of the molecule is C=C(C)/C(=C/C)N1NC(Nc2cccc(-c3ccc(CN4CCN(c5ccc(-c6ccc(N(C(=C)C)C7CCC(=O)NC7=O)c(C)c6)cc5)CC4)cn3)c2)=CC(=NC2CC2)C1=C. The first-order chi connectivity index (χ1) is 29.9. The summed E-state index contributed by atoms with van der Waals surface area (Å²) in [6.45, 7) is 25.3. The second kappa shape index (κ2) is 18.1. The molecule has 11 nitrogen and oxygen atoms in total. The van der Waals surface area contributed by atoms with Crippen LogP contribution in [0.15, 0.2) is 150 Å². The molecule has 1 aliphatic carbocycles. The quantitative estimate of drug-likeness (QED) is 0.0901. The number of nitrogens with zero attached hydrogens (tertiary/aromatic N) is 6. The summed E-state index contributed by atoms with van der Waals surface area (Å²) in [7, 11) is 0. The molecule has 3 N–H and O–H groups in total. The van der Waals surface area contributed by atoms with Crippen molar-refractivity contribution in [2.24, 2.45) is 4.99 Å². The Balaban J connectivity index is 0.856. The smallest absolute Gasteiger partial charge is 0.249 e. The zero-order chi connectivity index (χ0) is 43.5. The van der Waals surface area contributed by atoms with E-state index in [2.05, 4.69) is 125 Å². The summed E-state index contributed by atoms with van der Waals surface area (Å²) in [5.41, 5.74) is 17.4. The molecule has 1 unspecified atom stereocenters. The standard InChI is InChI=1S/C51H57N9O2/c1-8-46(33(2)3)60-36(7)45(53-41-16-17-41)30-49(56-60)54-42-11-9-10-40(29-42)44-20-12-37(31-52-44)32-57-24-26-58(27-25-57)43-18-13-38(14-19-43)39-15-21-47(35(6)28-39)59(34(4)5)48-22-23-50(61)55-51(48)62/h8-15,18-21,28-31,41,48,54,56H,2,4,7,16-17,22-27,32H2,1,3,5-6H3,(H,55,61,62)/b46-8-,53-45?. The molecular weight excluding hydrogens is 771 g/mol. The van der Waals surface area contributed by atoms with Gasteiger partial charge in [0.2, 0.25) is 11.8 Å². The van der Waals surface area contributed by atoms with Crippen molar-refractivity contribution in [3.05, 3.63) is 157 Å². The van der Waals surface area contributed by atoms with E-state index in [0.29, 0.717) is 18.9 Å². The Morgan fingerprint density at radius 2 is 1.69 bits per heavy atom. The monoisotopic (exact) mass is 827 g/mol. The number of piperazine rings is 1. The number of aryl methyl sites for hydroxylation is 1. The van der Waals surface area contributed by atoms with Gasteiger partial charge in [0.05, 0.1) is 28.8 Å². The van der Waals surface area contributed by atoms with E-state index in [-0.39, 0.29) is 11.8 Å². The summed E-state index contributed by atoms with van der Waals surface area (Å²) in [5, 5.41) is 8.01. The number of carbonyl (C=O) groups excluding carboxylic acids is 2. The number of rotatable bonds is 13. The van der Waals surface area contributed by atoms with Crippen LogP contribution in [0.5, 0.6) is 0 Å². The third-order valence-electron chi connectivity index (χ3n) is 11.9. The summed E-state index contributed by atoms with van der Waals surface area (Å²) < 4.78 is 0. The maximum absolute atomic E-state index is 12.7. The van der Waals surface area contributed by atoms with E-state index < -0.39 is 6.04 Å². The van der Waals surface area contributed by atoms with Crippen molar-refractivity contribution >= 4 is 34.6 Å². The molecule has 0 radical (unpaired) electrons. The largest absolute Gasteiger partial charge is 0.369 e. The Bertz CT molecular complexity index is 2490. The number of hydrogen-bond acceptors (Lipinski definition) is 10. The minimum absolute atomic E-state index is 0.222. The van der Waals surface area contributed by atoms with Crippen LogP contribution in [0, 0.1) is 6.92 Å². The minimum Gasteiger partial charge on any atom is -0.369 e. The molecule has 62 heavy (non-hydrogen) atoms. The summed E-state index contributed by atoms with van der Waals surface area (Å²) in [6, 6.07) is 27.6. The van der Waals surface area contributed by atoms with Crippen LogP contribution in [-0.4, -0.2) is 70.7 Å². The summed E-state index contributed by atoms with van der Waals surface area (Å²) in [6.07, 6.45) is 9.10. The van der Waals surface area contributed by atoms with Crippen molar-refractivity contribution in [3.8, 4) is 22.4 Å². The van der Waals surface area contributed by atoms with Crippen LogP contribution >= 0.6 is 0 Å². The lowest BCUT2D eigenvalue weighted by molar-refractivity contribution is -0.134. The van der Waals surface area contributed by atoms with E-state index >= 15 is 0 Å². The van der Waals surface area contributed by atoms with Gasteiger partial charge in [-0.2, -0.15) is 0 Å². The number of pyridine rings is 1. The lowest BCUT2D eigenvalue weighted by Gasteiger charge is -2.36. The van der Waals surface area contributed by atoms with E-state index in [4.69, 9.17) is 9.98 Å². The van der Waals surface area contributed by atoms with Crippen LogP contribution in [0.4, 0.5) is 17.1 Å². The number of piperidine rings is 1. The topological polar surface area (TPSA) is 108 Å². The number of aliphatic imine (C=N–C) groups is 1. The Morgan fingerprint density at radius 3 is 2.34 bits per heavy atom. The molecule has 2 saturated heterocycles. The molecule has 8 rings (SSSR count). The molecule has 3 fully saturated rings. The second-order valence-electron chi connectivity index (χ2n) is 16.8. The molecule has 0 spiro atoms. The fourth-order valence-corrected chi connectivity index (χ4v) is 8.46. The number of anilines is 3. The number of allylic oxidation sites excluding steroid dienone is 4. The number of imide groups is 1. The number of amides is 2. The summed E-state index contributed by atoms with van der Waals surface area (Å²) in [4.78, 5) is 41.3. The number of benzene rings is 3. The Morgan fingerprint density at radius 1 is 0.935 bits per heavy atom. The van der Waals surface area contributed by atoms with Crippen molar-refractivity contribution in [1.82, 2.24) is 25.6 Å². The summed E-state index contributed by atoms with van der Waals surface area (Å²) >= 11 is 0. The molecule has 1 aromatic heterocycles. The van der Waals surface area contributed by atoms with Crippen LogP contribution in [0.1, 0.15) is 57.6 Å². The first kappa shape index (κ1) is 42.0. The molecule has 3 aromatic carbocycles. The number of carbonyl (C=O) groups is 2. The van der Waals surface area contributed by atoms with Gasteiger partial charge in [0, 0.05) is 79.7 Å². The second-order valence-corrected chi connectivity index (χ2v) is 16.8. The number of hydrazine groups is 1. The molecule has 11 heteroatoms. The maximum Gasteiger partial charge on any atom is 0.249 e. The highest BCUT2D eigenvalue weighted by Gasteiger charge is 2.33. The lowest BCUT2D eigenvalue weighted by Crippen LogP contribution is -2.52. The highest BCUT2D eigenvalue weighted by atomic mass is 16.2. The average Bonchev–Trinajstić information content (AvgIpc) is 4.09. The molecule has 318 valence electrons. The van der Waals surface area contributed by atoms with Gasteiger partial charge in [-0.15, -0.1) is 0 Å². The Kier molecular flexibility index (Phi) is 12.3. The number of nitrogens with one attached hydrogen (secondary N) is 3. The molecule has 1 atom stereocenters. The fourth-order valence-electron chi connectivity index (χ4n) is 8.46. The van der Waals surface area contributed by atoms with Gasteiger partial charge < -0.3 is 15.1 Å². The van der Waals surface area contributed by atoms with Crippen molar-refractivity contribution in [2.75, 3.05) is 41.3 Å². The molecule has 4 aliphatic rings. The Hall–Kier alpha value is -6.72. The van der Waals surface area contributed by atoms with Gasteiger partial charge in [-0.05, 0) is 117 Å². The van der Waals surface area contributed by atoms with Crippen LogP contribution < -0.4 is 25.9 Å². The van der Waals surface area contributed by atoms with Gasteiger partial charge in [0.1, 0.15) is 11.9 Å². The van der Waals surface area contributed by atoms with Gasteiger partial charge in [0.25, 0.3) is 0 Å². The normalized spacial score (nSPS) is 19.2. The van der Waals surface area contributed by atoms with Gasteiger partial charge in [0.15, 0.2) is 0 Å². The van der Waals surface area contributed by atoms with Gasteiger partial charge in [-0.25, -0.2) is 0 Å². The van der Waals surface area contributed by atoms with E-state index in [1.54, 1.807) is 0 Å². The molecular formula is C51H57N9O2. The van der Waals surface area contributed by atoms with Crippen LogP contribution in [0.3, 0.4) is 0 Å². The highest BCUT2D eigenvalue weighted by Crippen LogP contribution is 2.34. The van der Waals surface area contributed by atoms with Crippen LogP contribution in [0.25, 0.3) is 22.4 Å². The molecule has 1 saturated carbocycles. The predicted octanol–water partition coefficient (Wildman–Crippen LogP) is 8.86. The highest BCUT2D eigenvalue weighted by molar-refractivity contribution is 6.09. The third-order valence-corrected chi connectivity index (χ3v) is 11.9. The third kappa shape index (κ3) is 9.43. The Labute approximate surface area is 365 Å². The van der Waals surface area contributed by atoms with Crippen LogP contribution in [0.2, 0.25) is 0 Å². The van der Waals surface area contributed by atoms with Crippen molar-refractivity contribution in [3.63, 3.8) is 0 Å². The van der Waals surface area contributed by atoms with Crippen LogP contribution in [-0.2, 0) is 16.1 Å². The van der Waals surface area contributed by atoms with Gasteiger partial charge in [-0.1, -0.05) is 62.2 Å². The molecule has 4 aromatic rings. The zero-order valence-electron chi connectivity index (χ0n) is 36.4. The maximum atomic E-state index is 12.7. The predicted molar refractivity (Wildman–Crippen MR) is 252 cm³/mol. The molecule has 4 heterocycles. The van der Waals surface area contributed by atoms with Crippen molar-refractivity contribution < 1.29 is 9.59 Å². The van der Waals surface area contributed by atoms with E-state index in [0.717, 1.165) is 119 Å². The van der Waals surface area contributed by atoms with Gasteiger partial charge >= 0.3 is 0 Å². The lowest BCUT2D eigenvalue weighted by atomic mass is 9.98. The number of hydrogen-bond donors (Lipinski definition) is 3. The first-order valence-corrected chi connectivity index (χ1v) is 21.6. The zero-order valence-corrected chi connectivity index (χ0v) is 36.4. The molecule has 0 bridgehead atoms.